The zero-order valence-electron chi connectivity index (χ0n) is 11.9. The first-order chi connectivity index (χ1) is 9.67. The van der Waals surface area contributed by atoms with E-state index >= 15 is 0 Å². The van der Waals surface area contributed by atoms with Gasteiger partial charge in [0.2, 0.25) is 5.91 Å². The maximum Gasteiger partial charge on any atom is 0.221 e. The summed E-state index contributed by atoms with van der Waals surface area (Å²) >= 11 is 6.03. The highest BCUT2D eigenvalue weighted by atomic mass is 35.5. The fourth-order valence-corrected chi connectivity index (χ4v) is 1.92. The molecule has 0 heterocycles. The van der Waals surface area contributed by atoms with Gasteiger partial charge in [0.15, 0.2) is 0 Å². The zero-order chi connectivity index (χ0) is 14.8. The average molecular weight is 301 g/mol. The van der Waals surface area contributed by atoms with Crippen molar-refractivity contribution in [2.24, 2.45) is 0 Å². The molecule has 5 nitrogen and oxygen atoms in total. The Labute approximate surface area is 124 Å². The van der Waals surface area contributed by atoms with Gasteiger partial charge < -0.3 is 20.1 Å². The number of rotatable bonds is 9. The van der Waals surface area contributed by atoms with Crippen molar-refractivity contribution < 1.29 is 14.3 Å². The van der Waals surface area contributed by atoms with Gasteiger partial charge in [-0.25, -0.2) is 0 Å². The Morgan fingerprint density at radius 1 is 1.30 bits per heavy atom. The van der Waals surface area contributed by atoms with Crippen LogP contribution in [0.3, 0.4) is 0 Å². The lowest BCUT2D eigenvalue weighted by molar-refractivity contribution is -0.121. The van der Waals surface area contributed by atoms with Crippen LogP contribution in [0.15, 0.2) is 18.2 Å². The molecule has 0 atom stereocenters. The number of amides is 1. The summed E-state index contributed by atoms with van der Waals surface area (Å²) in [5.74, 6) is 0.676. The van der Waals surface area contributed by atoms with Crippen LogP contribution in [-0.2, 0) is 16.1 Å². The van der Waals surface area contributed by atoms with E-state index in [1.807, 2.05) is 18.2 Å². The van der Waals surface area contributed by atoms with Gasteiger partial charge in [0.05, 0.1) is 18.7 Å². The Morgan fingerprint density at radius 2 is 2.10 bits per heavy atom. The third kappa shape index (κ3) is 6.23. The van der Waals surface area contributed by atoms with Gasteiger partial charge in [0.1, 0.15) is 5.75 Å². The lowest BCUT2D eigenvalue weighted by atomic mass is 10.2. The second-order valence-electron chi connectivity index (χ2n) is 4.24. The van der Waals surface area contributed by atoms with Crippen LogP contribution in [0.2, 0.25) is 5.02 Å². The monoisotopic (exact) mass is 300 g/mol. The van der Waals surface area contributed by atoms with Crippen LogP contribution in [0.1, 0.15) is 12.0 Å². The summed E-state index contributed by atoms with van der Waals surface area (Å²) in [5.41, 5.74) is 1.05. The molecule has 1 aromatic carbocycles. The molecule has 0 aliphatic carbocycles. The molecule has 1 amide bonds. The van der Waals surface area contributed by atoms with Crippen molar-refractivity contribution in [1.29, 1.82) is 0 Å². The minimum absolute atomic E-state index is 0.0160. The fraction of sp³-hybridized carbons (Fsp3) is 0.500. The first-order valence-corrected chi connectivity index (χ1v) is 6.84. The van der Waals surface area contributed by atoms with E-state index in [9.17, 15) is 4.79 Å². The quantitative estimate of drug-likeness (QED) is 0.680. The predicted molar refractivity (Wildman–Crippen MR) is 79.2 cm³/mol. The van der Waals surface area contributed by atoms with E-state index in [1.54, 1.807) is 14.2 Å². The summed E-state index contributed by atoms with van der Waals surface area (Å²) in [5, 5.41) is 6.55. The van der Waals surface area contributed by atoms with Crippen molar-refractivity contribution >= 4 is 17.5 Å². The third-order valence-corrected chi connectivity index (χ3v) is 3.00. The Morgan fingerprint density at radius 3 is 2.75 bits per heavy atom. The molecule has 0 saturated heterocycles. The van der Waals surface area contributed by atoms with E-state index in [1.165, 1.54) is 0 Å². The molecule has 0 unspecified atom stereocenters. The molecule has 6 heteroatoms. The molecule has 112 valence electrons. The topological polar surface area (TPSA) is 59.6 Å². The summed E-state index contributed by atoms with van der Waals surface area (Å²) in [7, 11) is 3.19. The maximum atomic E-state index is 11.4. The van der Waals surface area contributed by atoms with Crippen molar-refractivity contribution in [3.05, 3.63) is 28.8 Å². The lowest BCUT2D eigenvalue weighted by Crippen LogP contribution is -2.29. The highest BCUT2D eigenvalue weighted by Gasteiger charge is 2.03. The molecule has 0 saturated carbocycles. The average Bonchev–Trinajstić information content (AvgIpc) is 2.44. The second-order valence-corrected chi connectivity index (χ2v) is 4.65. The van der Waals surface area contributed by atoms with E-state index in [0.717, 1.165) is 5.56 Å². The molecular weight excluding hydrogens is 280 g/mol. The SMILES string of the molecule is COCCNC(=O)CCNCc1ccc(OC)c(Cl)c1. The van der Waals surface area contributed by atoms with Crippen molar-refractivity contribution in [3.63, 3.8) is 0 Å². The molecule has 2 N–H and O–H groups in total. The van der Waals surface area contributed by atoms with Crippen molar-refractivity contribution in [2.45, 2.75) is 13.0 Å². The predicted octanol–water partition coefficient (Wildman–Crippen LogP) is 1.59. The van der Waals surface area contributed by atoms with E-state index in [2.05, 4.69) is 10.6 Å². The molecule has 20 heavy (non-hydrogen) atoms. The van der Waals surface area contributed by atoms with Gasteiger partial charge in [-0.2, -0.15) is 0 Å². The summed E-state index contributed by atoms with van der Waals surface area (Å²) in [6.45, 7) is 2.35. The van der Waals surface area contributed by atoms with Crippen molar-refractivity contribution in [2.75, 3.05) is 33.9 Å². The molecule has 1 rings (SSSR count). The number of carbonyl (C=O) groups is 1. The van der Waals surface area contributed by atoms with Crippen LogP contribution < -0.4 is 15.4 Å². The molecular formula is C14H21ClN2O3. The number of benzene rings is 1. The van der Waals surface area contributed by atoms with E-state index < -0.39 is 0 Å². The van der Waals surface area contributed by atoms with Crippen molar-refractivity contribution in [1.82, 2.24) is 10.6 Å². The van der Waals surface area contributed by atoms with Crippen LogP contribution in [0.4, 0.5) is 0 Å². The number of carbonyl (C=O) groups excluding carboxylic acids is 1. The Hall–Kier alpha value is -1.30. The fourth-order valence-electron chi connectivity index (χ4n) is 1.64. The van der Waals surface area contributed by atoms with Crippen LogP contribution in [-0.4, -0.2) is 39.8 Å². The summed E-state index contributed by atoms with van der Waals surface area (Å²) in [4.78, 5) is 11.4. The summed E-state index contributed by atoms with van der Waals surface area (Å²) in [6.07, 6.45) is 0.438. The normalized spacial score (nSPS) is 10.3. The number of hydrogen-bond donors (Lipinski definition) is 2. The number of hydrogen-bond acceptors (Lipinski definition) is 4. The minimum atomic E-state index is 0.0160. The highest BCUT2D eigenvalue weighted by molar-refractivity contribution is 6.32. The Balaban J connectivity index is 2.21. The van der Waals surface area contributed by atoms with Gasteiger partial charge in [-0.15, -0.1) is 0 Å². The molecule has 0 aliphatic heterocycles. The van der Waals surface area contributed by atoms with Crippen LogP contribution >= 0.6 is 11.6 Å². The molecule has 0 bridgehead atoms. The lowest BCUT2D eigenvalue weighted by Gasteiger charge is -2.08. The molecule has 1 aromatic rings. The van der Waals surface area contributed by atoms with Gasteiger partial charge in [-0.3, -0.25) is 4.79 Å². The van der Waals surface area contributed by atoms with Gasteiger partial charge >= 0.3 is 0 Å². The summed E-state index contributed by atoms with van der Waals surface area (Å²) < 4.78 is 9.94. The number of methoxy groups -OCH3 is 2. The molecule has 0 aromatic heterocycles. The zero-order valence-corrected chi connectivity index (χ0v) is 12.6. The number of ether oxygens (including phenoxy) is 2. The van der Waals surface area contributed by atoms with Gasteiger partial charge in [0, 0.05) is 33.2 Å². The van der Waals surface area contributed by atoms with Crippen LogP contribution in [0.25, 0.3) is 0 Å². The standard InChI is InChI=1S/C14H21ClN2O3/c1-19-8-7-17-14(18)5-6-16-10-11-3-4-13(20-2)12(15)9-11/h3-4,9,16H,5-8,10H2,1-2H3,(H,17,18). The second kappa shape index (κ2) is 9.58. The molecule has 0 spiro atoms. The minimum Gasteiger partial charge on any atom is -0.495 e. The maximum absolute atomic E-state index is 11.4. The first kappa shape index (κ1) is 16.8. The van der Waals surface area contributed by atoms with E-state index in [4.69, 9.17) is 21.1 Å². The summed E-state index contributed by atoms with van der Waals surface area (Å²) in [6, 6.07) is 5.62. The van der Waals surface area contributed by atoms with E-state index in [0.29, 0.717) is 43.4 Å². The number of nitrogens with one attached hydrogen (secondary N) is 2. The third-order valence-electron chi connectivity index (χ3n) is 2.70. The van der Waals surface area contributed by atoms with E-state index in [-0.39, 0.29) is 5.91 Å². The van der Waals surface area contributed by atoms with Gasteiger partial charge in [-0.1, -0.05) is 17.7 Å². The van der Waals surface area contributed by atoms with Gasteiger partial charge in [0.25, 0.3) is 0 Å². The van der Waals surface area contributed by atoms with Crippen LogP contribution in [0.5, 0.6) is 5.75 Å². The molecule has 0 fully saturated rings. The van der Waals surface area contributed by atoms with Crippen LogP contribution in [0, 0.1) is 0 Å². The largest absolute Gasteiger partial charge is 0.495 e. The highest BCUT2D eigenvalue weighted by Crippen LogP contribution is 2.24. The molecule has 0 radical (unpaired) electrons. The Kier molecular flexibility index (Phi) is 8.02. The first-order valence-electron chi connectivity index (χ1n) is 6.46. The number of halogens is 1. The van der Waals surface area contributed by atoms with Crippen molar-refractivity contribution in [3.8, 4) is 5.75 Å². The molecule has 0 aliphatic rings. The van der Waals surface area contributed by atoms with Gasteiger partial charge in [-0.05, 0) is 17.7 Å². The Bertz CT molecular complexity index is 427. The smallest absolute Gasteiger partial charge is 0.221 e.